The Morgan fingerprint density at radius 2 is 1.65 bits per heavy atom. The Kier molecular flexibility index (Phi) is 6.44. The predicted molar refractivity (Wildman–Crippen MR) is 126 cm³/mol. The number of nitrogens with zero attached hydrogens (tertiary/aromatic N) is 3. The van der Waals surface area contributed by atoms with Crippen LogP contribution >= 0.6 is 23.2 Å². The van der Waals surface area contributed by atoms with Crippen LogP contribution in [0.5, 0.6) is 0 Å². The Morgan fingerprint density at radius 3 is 2.26 bits per heavy atom. The molecule has 2 heterocycles. The lowest BCUT2D eigenvalue weighted by Gasteiger charge is -2.15. The van der Waals surface area contributed by atoms with E-state index in [1.54, 1.807) is 16.8 Å². The molecule has 1 aliphatic carbocycles. The average Bonchev–Trinajstić information content (AvgIpc) is 3.09. The van der Waals surface area contributed by atoms with E-state index < -0.39 is 0 Å². The first kappa shape index (κ1) is 22.0. The highest BCUT2D eigenvalue weighted by molar-refractivity contribution is 6.35. The first-order valence-electron chi connectivity index (χ1n) is 10.9. The van der Waals surface area contributed by atoms with Crippen molar-refractivity contribution in [2.24, 2.45) is 0 Å². The molecule has 1 amide bonds. The maximum absolute atomic E-state index is 13.3. The maximum Gasteiger partial charge on any atom is 0.272 e. The molecule has 1 aromatic carbocycles. The average molecular weight is 459 g/mol. The molecule has 0 unspecified atom stereocenters. The van der Waals surface area contributed by atoms with Crippen LogP contribution in [0.2, 0.25) is 10.0 Å². The Bertz CT molecular complexity index is 1090. The van der Waals surface area contributed by atoms with Gasteiger partial charge >= 0.3 is 0 Å². The molecule has 0 bridgehead atoms. The number of halogens is 2. The number of carbonyl (C=O) groups is 1. The number of nitrogens with one attached hydrogen (secondary N) is 1. The molecule has 3 aromatic rings. The number of rotatable bonds is 4. The summed E-state index contributed by atoms with van der Waals surface area (Å²) in [7, 11) is 0. The van der Waals surface area contributed by atoms with E-state index in [1.807, 2.05) is 26.8 Å². The topological polar surface area (TPSA) is 51.9 Å². The lowest BCUT2D eigenvalue weighted by atomic mass is 10.1. The van der Waals surface area contributed by atoms with Gasteiger partial charge in [-0.3, -0.25) is 4.79 Å². The molecule has 1 saturated carbocycles. The molecule has 2 aromatic heterocycles. The second-order valence-electron chi connectivity index (χ2n) is 8.42. The molecule has 1 N–H and O–H groups in total. The van der Waals surface area contributed by atoms with Gasteiger partial charge in [-0.15, -0.1) is 0 Å². The second kappa shape index (κ2) is 9.09. The summed E-state index contributed by atoms with van der Waals surface area (Å²) in [6, 6.07) is 9.63. The minimum Gasteiger partial charge on any atom is -0.348 e. The molecule has 0 atom stereocenters. The van der Waals surface area contributed by atoms with Crippen molar-refractivity contribution in [2.75, 3.05) is 0 Å². The molecular formula is C24H28Cl2N4O. The number of benzene rings is 1. The van der Waals surface area contributed by atoms with Gasteiger partial charge in [0.15, 0.2) is 5.69 Å². The highest BCUT2D eigenvalue weighted by Crippen LogP contribution is 2.31. The zero-order chi connectivity index (χ0) is 22.1. The number of aryl methyl sites for hydroxylation is 2. The predicted octanol–water partition coefficient (Wildman–Crippen LogP) is 6.35. The molecule has 0 spiro atoms. The van der Waals surface area contributed by atoms with Gasteiger partial charge in [0, 0.05) is 28.0 Å². The molecule has 5 nitrogen and oxygen atoms in total. The van der Waals surface area contributed by atoms with Crippen LogP contribution in [0.4, 0.5) is 0 Å². The van der Waals surface area contributed by atoms with Gasteiger partial charge in [0.1, 0.15) is 5.82 Å². The number of hydrogen-bond donors (Lipinski definition) is 1. The molecule has 0 radical (unpaired) electrons. The Hall–Kier alpha value is -2.24. The summed E-state index contributed by atoms with van der Waals surface area (Å²) >= 11 is 12.7. The van der Waals surface area contributed by atoms with Crippen LogP contribution in [0.25, 0.3) is 11.5 Å². The lowest BCUT2D eigenvalue weighted by molar-refractivity contribution is 0.0927. The normalized spacial score (nSPS) is 15.1. The van der Waals surface area contributed by atoms with Gasteiger partial charge in [0.2, 0.25) is 0 Å². The molecule has 4 rings (SSSR count). The van der Waals surface area contributed by atoms with Crippen LogP contribution in [0.15, 0.2) is 30.3 Å². The van der Waals surface area contributed by atoms with E-state index in [-0.39, 0.29) is 11.9 Å². The SMILES string of the molecule is Cc1c(C(=O)NC2CCCCCC2)nn(-c2ccc(Cl)cc2Cl)c1-n1c(C)ccc1C. The zero-order valence-corrected chi connectivity index (χ0v) is 19.7. The van der Waals surface area contributed by atoms with Crippen LogP contribution in [-0.2, 0) is 0 Å². The minimum atomic E-state index is -0.128. The van der Waals surface area contributed by atoms with Crippen LogP contribution in [0.1, 0.15) is 66.0 Å². The Balaban J connectivity index is 1.81. The minimum absolute atomic E-state index is 0.128. The number of carbonyl (C=O) groups excluding carboxylic acids is 1. The van der Waals surface area contributed by atoms with Gasteiger partial charge in [0.25, 0.3) is 5.91 Å². The van der Waals surface area contributed by atoms with Crippen molar-refractivity contribution < 1.29 is 4.79 Å². The molecule has 1 aliphatic rings. The van der Waals surface area contributed by atoms with Gasteiger partial charge in [-0.25, -0.2) is 4.68 Å². The van der Waals surface area contributed by atoms with Gasteiger partial charge in [-0.05, 0) is 63.9 Å². The molecule has 164 valence electrons. The van der Waals surface area contributed by atoms with Crippen molar-refractivity contribution in [1.29, 1.82) is 0 Å². The van der Waals surface area contributed by atoms with E-state index in [0.29, 0.717) is 21.4 Å². The third kappa shape index (κ3) is 4.39. The van der Waals surface area contributed by atoms with Gasteiger partial charge in [-0.2, -0.15) is 5.10 Å². The van der Waals surface area contributed by atoms with Crippen LogP contribution in [0, 0.1) is 20.8 Å². The fraction of sp³-hybridized carbons (Fsp3) is 0.417. The van der Waals surface area contributed by atoms with Crippen molar-refractivity contribution >= 4 is 29.1 Å². The van der Waals surface area contributed by atoms with Gasteiger partial charge in [-0.1, -0.05) is 48.9 Å². The summed E-state index contributed by atoms with van der Waals surface area (Å²) in [4.78, 5) is 13.3. The monoisotopic (exact) mass is 458 g/mol. The van der Waals surface area contributed by atoms with Crippen LogP contribution in [0.3, 0.4) is 0 Å². The Labute approximate surface area is 193 Å². The molecular weight excluding hydrogens is 431 g/mol. The maximum atomic E-state index is 13.3. The second-order valence-corrected chi connectivity index (χ2v) is 9.26. The summed E-state index contributed by atoms with van der Waals surface area (Å²) in [5.41, 5.74) is 4.05. The summed E-state index contributed by atoms with van der Waals surface area (Å²) in [5.74, 6) is 0.687. The van der Waals surface area contributed by atoms with Crippen molar-refractivity contribution in [3.63, 3.8) is 0 Å². The van der Waals surface area contributed by atoms with E-state index in [9.17, 15) is 4.79 Å². The fourth-order valence-corrected chi connectivity index (χ4v) is 4.95. The van der Waals surface area contributed by atoms with E-state index in [2.05, 4.69) is 22.0 Å². The number of hydrogen-bond acceptors (Lipinski definition) is 2. The first-order chi connectivity index (χ1) is 14.9. The standard InChI is InChI=1S/C24H28Cl2N4O/c1-15-10-11-16(2)29(15)24-17(3)22(23(31)27-19-8-6-4-5-7-9-19)28-30(24)21-13-12-18(25)14-20(21)26/h10-14,19H,4-9H2,1-3H3,(H,27,31). The summed E-state index contributed by atoms with van der Waals surface area (Å²) < 4.78 is 3.87. The molecule has 31 heavy (non-hydrogen) atoms. The third-order valence-corrected chi connectivity index (χ3v) is 6.66. The number of amides is 1. The van der Waals surface area contributed by atoms with Crippen molar-refractivity contribution in [2.45, 2.75) is 65.3 Å². The molecule has 7 heteroatoms. The first-order valence-corrected chi connectivity index (χ1v) is 11.6. The van der Waals surface area contributed by atoms with Crippen molar-refractivity contribution in [3.05, 3.63) is 63.0 Å². The van der Waals surface area contributed by atoms with Crippen LogP contribution < -0.4 is 5.32 Å². The zero-order valence-electron chi connectivity index (χ0n) is 18.2. The van der Waals surface area contributed by atoms with Crippen LogP contribution in [-0.4, -0.2) is 26.3 Å². The van der Waals surface area contributed by atoms with Gasteiger partial charge < -0.3 is 9.88 Å². The molecule has 0 aliphatic heterocycles. The van der Waals surface area contributed by atoms with E-state index in [0.717, 1.165) is 48.5 Å². The highest BCUT2D eigenvalue weighted by Gasteiger charge is 2.26. The largest absolute Gasteiger partial charge is 0.348 e. The Morgan fingerprint density at radius 1 is 1.00 bits per heavy atom. The summed E-state index contributed by atoms with van der Waals surface area (Å²) in [6.07, 6.45) is 6.85. The highest BCUT2D eigenvalue weighted by atomic mass is 35.5. The van der Waals surface area contributed by atoms with E-state index in [4.69, 9.17) is 28.3 Å². The molecule has 0 saturated heterocycles. The summed E-state index contributed by atoms with van der Waals surface area (Å²) in [6.45, 7) is 6.03. The van der Waals surface area contributed by atoms with E-state index >= 15 is 0 Å². The number of aromatic nitrogens is 3. The van der Waals surface area contributed by atoms with Gasteiger partial charge in [0.05, 0.1) is 10.7 Å². The lowest BCUT2D eigenvalue weighted by Crippen LogP contribution is -2.35. The van der Waals surface area contributed by atoms with Crippen molar-refractivity contribution in [3.8, 4) is 11.5 Å². The smallest absolute Gasteiger partial charge is 0.272 e. The third-order valence-electron chi connectivity index (χ3n) is 6.12. The fourth-order valence-electron chi connectivity index (χ4n) is 4.47. The van der Waals surface area contributed by atoms with E-state index in [1.165, 1.54) is 12.8 Å². The summed E-state index contributed by atoms with van der Waals surface area (Å²) in [5, 5.41) is 9.02. The quantitative estimate of drug-likeness (QED) is 0.463. The van der Waals surface area contributed by atoms with Crippen molar-refractivity contribution in [1.82, 2.24) is 19.7 Å². The molecule has 1 fully saturated rings.